The number of rotatable bonds is 3. The summed E-state index contributed by atoms with van der Waals surface area (Å²) in [5, 5.41) is 3.18. The smallest absolute Gasteiger partial charge is 0.253 e. The number of aryl methyl sites for hydroxylation is 1. The lowest BCUT2D eigenvalue weighted by molar-refractivity contribution is 0.0925. The van der Waals surface area contributed by atoms with Crippen LogP contribution in [0, 0.1) is 13.8 Å². The summed E-state index contributed by atoms with van der Waals surface area (Å²) in [7, 11) is 0. The van der Waals surface area contributed by atoms with Crippen molar-refractivity contribution < 1.29 is 4.79 Å². The van der Waals surface area contributed by atoms with Gasteiger partial charge in [0.15, 0.2) is 0 Å². The normalized spacial score (nSPS) is 20.0. The Morgan fingerprint density at radius 2 is 1.88 bits per heavy atom. The number of carbonyl (C=O) groups is 1. The van der Waals surface area contributed by atoms with E-state index in [2.05, 4.69) is 37.9 Å². The molecule has 1 saturated carbocycles. The van der Waals surface area contributed by atoms with E-state index in [-0.39, 0.29) is 24.4 Å². The summed E-state index contributed by atoms with van der Waals surface area (Å²) in [4.78, 5) is 12.7. The fourth-order valence-electron chi connectivity index (χ4n) is 3.53. The van der Waals surface area contributed by atoms with Crippen LogP contribution in [0.1, 0.15) is 47.4 Å². The van der Waals surface area contributed by atoms with Gasteiger partial charge in [-0.2, -0.15) is 0 Å². The zero-order valence-corrected chi connectivity index (χ0v) is 17.0. The van der Waals surface area contributed by atoms with Gasteiger partial charge < -0.3 is 15.6 Å². The quantitative estimate of drug-likeness (QED) is 0.769. The van der Waals surface area contributed by atoms with Gasteiger partial charge in [0.2, 0.25) is 0 Å². The second-order valence-electron chi connectivity index (χ2n) is 6.69. The number of nitrogens with zero attached hydrogens (tertiary/aromatic N) is 1. The third-order valence-corrected chi connectivity index (χ3v) is 5.34. The van der Waals surface area contributed by atoms with Crippen molar-refractivity contribution in [1.29, 1.82) is 0 Å². The van der Waals surface area contributed by atoms with Crippen LogP contribution in [0.15, 0.2) is 34.8 Å². The number of carbonyl (C=O) groups excluding carboxylic acids is 1. The van der Waals surface area contributed by atoms with E-state index in [0.29, 0.717) is 6.04 Å². The largest absolute Gasteiger partial charge is 0.349 e. The molecular formula is C19H25BrClN3O. The molecule has 0 unspecified atom stereocenters. The van der Waals surface area contributed by atoms with E-state index in [0.717, 1.165) is 52.8 Å². The molecule has 0 saturated heterocycles. The minimum absolute atomic E-state index is 0. The standard InChI is InChI=1S/C19H24BrN3O.ClH/c1-12-10-18(19(24)22-16-8-6-15(21)7-9-16)13(2)23(12)17-5-3-4-14(20)11-17;/h3-5,10-11,15-16H,6-9,21H2,1-2H3,(H,22,24);1H. The van der Waals surface area contributed by atoms with Gasteiger partial charge in [-0.3, -0.25) is 4.79 Å². The first-order valence-corrected chi connectivity index (χ1v) is 9.26. The average Bonchev–Trinajstić information content (AvgIpc) is 2.84. The molecule has 4 nitrogen and oxygen atoms in total. The Morgan fingerprint density at radius 1 is 1.20 bits per heavy atom. The van der Waals surface area contributed by atoms with E-state index in [1.807, 2.05) is 32.0 Å². The number of aromatic nitrogens is 1. The Bertz CT molecular complexity index is 751. The number of hydrogen-bond acceptors (Lipinski definition) is 2. The van der Waals surface area contributed by atoms with Crippen molar-refractivity contribution in [3.63, 3.8) is 0 Å². The molecule has 2 aromatic rings. The summed E-state index contributed by atoms with van der Waals surface area (Å²) in [6.45, 7) is 4.03. The van der Waals surface area contributed by atoms with E-state index in [9.17, 15) is 4.79 Å². The van der Waals surface area contributed by atoms with Crippen LogP contribution < -0.4 is 11.1 Å². The predicted molar refractivity (Wildman–Crippen MR) is 108 cm³/mol. The van der Waals surface area contributed by atoms with Gasteiger partial charge in [-0.1, -0.05) is 22.0 Å². The summed E-state index contributed by atoms with van der Waals surface area (Å²) < 4.78 is 3.15. The maximum atomic E-state index is 12.7. The number of benzene rings is 1. The van der Waals surface area contributed by atoms with Crippen LogP contribution in [0.25, 0.3) is 5.69 Å². The summed E-state index contributed by atoms with van der Waals surface area (Å²) in [5.41, 5.74) is 9.78. The molecule has 1 amide bonds. The lowest BCUT2D eigenvalue weighted by Crippen LogP contribution is -2.40. The van der Waals surface area contributed by atoms with E-state index < -0.39 is 0 Å². The van der Waals surface area contributed by atoms with Gasteiger partial charge in [0.25, 0.3) is 5.91 Å². The van der Waals surface area contributed by atoms with Crippen LogP contribution >= 0.6 is 28.3 Å². The Hall–Kier alpha value is -1.30. The molecule has 136 valence electrons. The third kappa shape index (κ3) is 4.46. The lowest BCUT2D eigenvalue weighted by Gasteiger charge is -2.26. The molecule has 3 rings (SSSR count). The van der Waals surface area contributed by atoms with Crippen LogP contribution in [0.2, 0.25) is 0 Å². The molecule has 25 heavy (non-hydrogen) atoms. The number of hydrogen-bond donors (Lipinski definition) is 2. The number of amides is 1. The molecule has 1 heterocycles. The number of halogens is 2. The van der Waals surface area contributed by atoms with Gasteiger partial charge in [0, 0.05) is 33.6 Å². The Kier molecular flexibility index (Phi) is 6.72. The van der Waals surface area contributed by atoms with Crippen molar-refractivity contribution in [2.24, 2.45) is 5.73 Å². The third-order valence-electron chi connectivity index (χ3n) is 4.85. The van der Waals surface area contributed by atoms with Crippen LogP contribution in [0.4, 0.5) is 0 Å². The van der Waals surface area contributed by atoms with E-state index in [1.165, 1.54) is 0 Å². The monoisotopic (exact) mass is 425 g/mol. The van der Waals surface area contributed by atoms with Crippen LogP contribution in [0.5, 0.6) is 0 Å². The second kappa shape index (κ2) is 8.39. The van der Waals surface area contributed by atoms with Gasteiger partial charge in [0.1, 0.15) is 0 Å². The van der Waals surface area contributed by atoms with Crippen molar-refractivity contribution in [2.75, 3.05) is 0 Å². The van der Waals surface area contributed by atoms with Crippen molar-refractivity contribution in [3.8, 4) is 5.69 Å². The molecule has 0 radical (unpaired) electrons. The Labute approximate surface area is 163 Å². The molecule has 1 aliphatic rings. The maximum absolute atomic E-state index is 12.7. The van der Waals surface area contributed by atoms with E-state index in [1.54, 1.807) is 0 Å². The van der Waals surface area contributed by atoms with Gasteiger partial charge in [0.05, 0.1) is 5.56 Å². The fourth-order valence-corrected chi connectivity index (χ4v) is 3.92. The Morgan fingerprint density at radius 3 is 2.52 bits per heavy atom. The van der Waals surface area contributed by atoms with Gasteiger partial charge in [-0.15, -0.1) is 12.4 Å². The summed E-state index contributed by atoms with van der Waals surface area (Å²) >= 11 is 3.51. The van der Waals surface area contributed by atoms with Crippen molar-refractivity contribution >= 4 is 34.2 Å². The Balaban J connectivity index is 0.00000225. The molecule has 0 spiro atoms. The molecule has 1 fully saturated rings. The molecule has 0 bridgehead atoms. The highest BCUT2D eigenvalue weighted by Gasteiger charge is 2.23. The van der Waals surface area contributed by atoms with Crippen LogP contribution in [0.3, 0.4) is 0 Å². The zero-order valence-electron chi connectivity index (χ0n) is 14.6. The van der Waals surface area contributed by atoms with Crippen molar-refractivity contribution in [2.45, 2.75) is 51.6 Å². The van der Waals surface area contributed by atoms with Crippen molar-refractivity contribution in [3.05, 3.63) is 51.8 Å². The molecule has 1 aromatic heterocycles. The molecule has 0 atom stereocenters. The summed E-state index contributed by atoms with van der Waals surface area (Å²) in [6, 6.07) is 10.6. The van der Waals surface area contributed by atoms with Gasteiger partial charge in [-0.05, 0) is 63.8 Å². The molecule has 1 aromatic carbocycles. The minimum atomic E-state index is 0. The SMILES string of the molecule is Cc1cc(C(=O)NC2CCC(N)CC2)c(C)n1-c1cccc(Br)c1.Cl. The van der Waals surface area contributed by atoms with Crippen molar-refractivity contribution in [1.82, 2.24) is 9.88 Å². The molecule has 0 aliphatic heterocycles. The van der Waals surface area contributed by atoms with Gasteiger partial charge in [-0.25, -0.2) is 0 Å². The lowest BCUT2D eigenvalue weighted by atomic mass is 9.91. The first kappa shape index (κ1) is 20.0. The van der Waals surface area contributed by atoms with E-state index in [4.69, 9.17) is 5.73 Å². The molecule has 3 N–H and O–H groups in total. The predicted octanol–water partition coefficient (Wildman–Crippen LogP) is 4.28. The highest BCUT2D eigenvalue weighted by atomic mass is 79.9. The first-order chi connectivity index (χ1) is 11.5. The molecular weight excluding hydrogens is 402 g/mol. The highest BCUT2D eigenvalue weighted by molar-refractivity contribution is 9.10. The fraction of sp³-hybridized carbons (Fsp3) is 0.421. The zero-order chi connectivity index (χ0) is 17.3. The summed E-state index contributed by atoms with van der Waals surface area (Å²) in [6.07, 6.45) is 3.92. The number of nitrogens with one attached hydrogen (secondary N) is 1. The van der Waals surface area contributed by atoms with Crippen LogP contribution in [-0.2, 0) is 0 Å². The molecule has 6 heteroatoms. The topological polar surface area (TPSA) is 60.1 Å². The average molecular weight is 427 g/mol. The minimum Gasteiger partial charge on any atom is -0.349 e. The maximum Gasteiger partial charge on any atom is 0.253 e. The van der Waals surface area contributed by atoms with Crippen LogP contribution in [-0.4, -0.2) is 22.6 Å². The first-order valence-electron chi connectivity index (χ1n) is 8.47. The molecule has 1 aliphatic carbocycles. The van der Waals surface area contributed by atoms with E-state index >= 15 is 0 Å². The second-order valence-corrected chi connectivity index (χ2v) is 7.60. The summed E-state index contributed by atoms with van der Waals surface area (Å²) in [5.74, 6) is 0.0184. The van der Waals surface area contributed by atoms with Gasteiger partial charge >= 0.3 is 0 Å². The highest BCUT2D eigenvalue weighted by Crippen LogP contribution is 2.24. The number of nitrogens with two attached hydrogens (primary N) is 1.